The summed E-state index contributed by atoms with van der Waals surface area (Å²) < 4.78 is 0. The number of hydrogen-bond acceptors (Lipinski definition) is 2. The number of halogens is 2. The van der Waals surface area contributed by atoms with Crippen LogP contribution in [0.25, 0.3) is 10.9 Å². The number of fused-ring (bicyclic) bond motifs is 1. The first kappa shape index (κ1) is 11.2. The maximum atomic E-state index is 5.93. The van der Waals surface area contributed by atoms with Crippen LogP contribution in [0, 0.1) is 11.8 Å². The number of hydrogen-bond donors (Lipinski definition) is 0. The van der Waals surface area contributed by atoms with Crippen molar-refractivity contribution in [1.82, 2.24) is 9.97 Å². The molecule has 0 saturated heterocycles. The number of aromatic nitrogens is 2. The molecule has 0 N–H and O–H groups in total. The van der Waals surface area contributed by atoms with E-state index in [1.807, 2.05) is 18.2 Å². The highest BCUT2D eigenvalue weighted by molar-refractivity contribution is 6.34. The number of alkyl halides is 1. The van der Waals surface area contributed by atoms with Gasteiger partial charge in [0.25, 0.3) is 0 Å². The van der Waals surface area contributed by atoms with Crippen molar-refractivity contribution >= 4 is 34.1 Å². The summed E-state index contributed by atoms with van der Waals surface area (Å²) >= 11 is 11.5. The van der Waals surface area contributed by atoms with Crippen LogP contribution < -0.4 is 0 Å². The van der Waals surface area contributed by atoms with Gasteiger partial charge in [-0.25, -0.2) is 9.97 Å². The van der Waals surface area contributed by atoms with Crippen molar-refractivity contribution < 1.29 is 0 Å². The molecule has 0 fully saturated rings. The van der Waals surface area contributed by atoms with Gasteiger partial charge in [-0.2, -0.15) is 0 Å². The van der Waals surface area contributed by atoms with Crippen LogP contribution in [0.4, 0.5) is 0 Å². The van der Waals surface area contributed by atoms with Crippen LogP contribution in [0.5, 0.6) is 0 Å². The molecule has 16 heavy (non-hydrogen) atoms. The Morgan fingerprint density at radius 2 is 2.12 bits per heavy atom. The summed E-state index contributed by atoms with van der Waals surface area (Å²) in [7, 11) is 0. The molecule has 2 nitrogen and oxygen atoms in total. The highest BCUT2D eigenvalue weighted by Gasteiger charge is 2.00. The molecule has 2 aromatic rings. The van der Waals surface area contributed by atoms with Crippen LogP contribution in [-0.4, -0.2) is 15.8 Å². The fourth-order valence-corrected chi connectivity index (χ4v) is 1.61. The summed E-state index contributed by atoms with van der Waals surface area (Å²) in [4.78, 5) is 8.05. The zero-order valence-corrected chi connectivity index (χ0v) is 9.89. The van der Waals surface area contributed by atoms with Crippen LogP contribution in [0.1, 0.15) is 12.0 Å². The maximum absolute atomic E-state index is 5.93. The van der Waals surface area contributed by atoms with Crippen molar-refractivity contribution in [1.29, 1.82) is 0 Å². The molecule has 80 valence electrons. The molecule has 0 radical (unpaired) electrons. The monoisotopic (exact) mass is 250 g/mol. The first-order chi connectivity index (χ1) is 7.81. The van der Waals surface area contributed by atoms with E-state index < -0.39 is 0 Å². The van der Waals surface area contributed by atoms with Crippen molar-refractivity contribution in [3.63, 3.8) is 0 Å². The van der Waals surface area contributed by atoms with Gasteiger partial charge < -0.3 is 0 Å². The van der Waals surface area contributed by atoms with Gasteiger partial charge in [0.1, 0.15) is 11.5 Å². The summed E-state index contributed by atoms with van der Waals surface area (Å²) in [6.45, 7) is 0. The Balaban J connectivity index is 2.42. The minimum Gasteiger partial charge on any atom is -0.236 e. The number of nitrogens with zero attached hydrogens (tertiary/aromatic N) is 2. The smallest absolute Gasteiger partial charge is 0.140 e. The molecule has 4 heteroatoms. The minimum atomic E-state index is 0.463. The Bertz CT molecular complexity index is 570. The van der Waals surface area contributed by atoms with Gasteiger partial charge in [-0.05, 0) is 18.2 Å². The highest BCUT2D eigenvalue weighted by atomic mass is 35.5. The third-order valence-corrected chi connectivity index (χ3v) is 2.53. The van der Waals surface area contributed by atoms with E-state index in [2.05, 4.69) is 21.8 Å². The molecule has 0 bridgehead atoms. The summed E-state index contributed by atoms with van der Waals surface area (Å²) in [6.07, 6.45) is 2.13. The molecule has 0 aliphatic carbocycles. The second-order valence-corrected chi connectivity index (χ2v) is 3.87. The molecule has 0 atom stereocenters. The van der Waals surface area contributed by atoms with Crippen LogP contribution in [0.2, 0.25) is 5.15 Å². The van der Waals surface area contributed by atoms with Crippen LogP contribution in [-0.2, 0) is 0 Å². The predicted octanol–water partition coefficient (Wildman–Crippen LogP) is 3.26. The molecular weight excluding hydrogens is 243 g/mol. The third kappa shape index (κ3) is 2.44. The fraction of sp³-hybridized carbons (Fsp3) is 0.167. The lowest BCUT2D eigenvalue weighted by Gasteiger charge is -1.98. The summed E-state index contributed by atoms with van der Waals surface area (Å²) in [6, 6.07) is 5.67. The van der Waals surface area contributed by atoms with Crippen molar-refractivity contribution in [2.24, 2.45) is 0 Å². The quantitative estimate of drug-likeness (QED) is 0.441. The van der Waals surface area contributed by atoms with E-state index in [0.717, 1.165) is 16.5 Å². The Kier molecular flexibility index (Phi) is 3.61. The SMILES string of the molecule is ClCCC#Cc1ccc2c(Cl)ncnc2c1. The molecule has 0 amide bonds. The molecular formula is C12H8Cl2N2. The van der Waals surface area contributed by atoms with E-state index in [9.17, 15) is 0 Å². The molecule has 1 aromatic heterocycles. The second kappa shape index (κ2) is 5.16. The van der Waals surface area contributed by atoms with Gasteiger partial charge in [0.2, 0.25) is 0 Å². The van der Waals surface area contributed by atoms with Gasteiger partial charge in [-0.15, -0.1) is 11.6 Å². The first-order valence-electron chi connectivity index (χ1n) is 4.76. The minimum absolute atomic E-state index is 0.463. The van der Waals surface area contributed by atoms with Crippen molar-refractivity contribution in [3.8, 4) is 11.8 Å². The molecule has 0 unspecified atom stereocenters. The number of rotatable bonds is 1. The lowest BCUT2D eigenvalue weighted by molar-refractivity contribution is 1.22. The van der Waals surface area contributed by atoms with E-state index in [1.54, 1.807) is 0 Å². The fourth-order valence-electron chi connectivity index (χ4n) is 1.31. The molecule has 0 saturated carbocycles. The van der Waals surface area contributed by atoms with Gasteiger partial charge in [0, 0.05) is 23.3 Å². The van der Waals surface area contributed by atoms with Gasteiger partial charge in [-0.3, -0.25) is 0 Å². The largest absolute Gasteiger partial charge is 0.236 e. The molecule has 0 spiro atoms. The topological polar surface area (TPSA) is 25.8 Å². The Hall–Kier alpha value is -1.30. The van der Waals surface area contributed by atoms with E-state index in [4.69, 9.17) is 23.2 Å². The lowest BCUT2D eigenvalue weighted by Crippen LogP contribution is -1.84. The first-order valence-corrected chi connectivity index (χ1v) is 5.67. The summed E-state index contributed by atoms with van der Waals surface area (Å²) in [5.74, 6) is 6.54. The third-order valence-electron chi connectivity index (χ3n) is 2.04. The van der Waals surface area contributed by atoms with Crippen molar-refractivity contribution in [2.75, 3.05) is 5.88 Å². The molecule has 1 aromatic carbocycles. The van der Waals surface area contributed by atoms with Crippen molar-refractivity contribution in [2.45, 2.75) is 6.42 Å². The van der Waals surface area contributed by atoms with Gasteiger partial charge in [0.15, 0.2) is 0 Å². The van der Waals surface area contributed by atoms with E-state index in [-0.39, 0.29) is 0 Å². The zero-order chi connectivity index (χ0) is 11.4. The number of benzene rings is 1. The Morgan fingerprint density at radius 1 is 1.25 bits per heavy atom. The Morgan fingerprint density at radius 3 is 2.94 bits per heavy atom. The average Bonchev–Trinajstić information content (AvgIpc) is 2.30. The summed E-state index contributed by atoms with van der Waals surface area (Å²) in [5, 5.41) is 1.30. The van der Waals surface area contributed by atoms with E-state index in [1.165, 1.54) is 6.33 Å². The van der Waals surface area contributed by atoms with E-state index >= 15 is 0 Å². The van der Waals surface area contributed by atoms with Gasteiger partial charge in [0.05, 0.1) is 5.52 Å². The Labute approximate surface area is 104 Å². The lowest BCUT2D eigenvalue weighted by atomic mass is 10.1. The van der Waals surface area contributed by atoms with Crippen LogP contribution in [0.3, 0.4) is 0 Å². The van der Waals surface area contributed by atoms with Crippen LogP contribution in [0.15, 0.2) is 24.5 Å². The average molecular weight is 251 g/mol. The normalized spacial score (nSPS) is 9.88. The molecule has 0 aliphatic heterocycles. The van der Waals surface area contributed by atoms with Crippen LogP contribution >= 0.6 is 23.2 Å². The second-order valence-electron chi connectivity index (χ2n) is 3.14. The molecule has 2 rings (SSSR count). The highest BCUT2D eigenvalue weighted by Crippen LogP contribution is 2.19. The molecule has 0 aliphatic rings. The summed E-state index contributed by atoms with van der Waals surface area (Å²) in [5.41, 5.74) is 1.71. The maximum Gasteiger partial charge on any atom is 0.140 e. The predicted molar refractivity (Wildman–Crippen MR) is 66.8 cm³/mol. The van der Waals surface area contributed by atoms with Crippen molar-refractivity contribution in [3.05, 3.63) is 35.2 Å². The standard InChI is InChI=1S/C12H8Cl2N2/c13-6-2-1-3-9-4-5-10-11(7-9)15-8-16-12(10)14/h4-5,7-8H,2,6H2. The molecule has 1 heterocycles. The van der Waals surface area contributed by atoms with E-state index in [0.29, 0.717) is 17.5 Å². The van der Waals surface area contributed by atoms with Gasteiger partial charge in [-0.1, -0.05) is 23.4 Å². The zero-order valence-electron chi connectivity index (χ0n) is 8.37. The van der Waals surface area contributed by atoms with Gasteiger partial charge >= 0.3 is 0 Å².